The fourth-order valence-corrected chi connectivity index (χ4v) is 6.52. The van der Waals surface area contributed by atoms with Crippen molar-refractivity contribution in [3.63, 3.8) is 0 Å². The SMILES string of the molecule is Cc1ccc(SCC2=C(C(=O)O)N3C(=O)C(NC(=O)C(=NOCC(=O)OC(C)(C)C)c4cscn4)[C@@H]3SC2)nn1. The molecular weight excluding hydrogens is 581 g/mol. The van der Waals surface area contributed by atoms with E-state index in [4.69, 9.17) is 9.57 Å². The van der Waals surface area contributed by atoms with Crippen molar-refractivity contribution in [3.8, 4) is 0 Å². The van der Waals surface area contributed by atoms with E-state index >= 15 is 0 Å². The number of nitrogens with zero attached hydrogens (tertiary/aromatic N) is 5. The summed E-state index contributed by atoms with van der Waals surface area (Å²) in [7, 11) is 0. The number of aryl methyl sites for hydroxylation is 1. The highest BCUT2D eigenvalue weighted by atomic mass is 32.2. The number of carboxylic acid groups (broad SMARTS) is 1. The van der Waals surface area contributed by atoms with Crippen molar-refractivity contribution < 1.29 is 33.9 Å². The molecule has 40 heavy (non-hydrogen) atoms. The number of hydrogen-bond donors (Lipinski definition) is 2. The Kier molecular flexibility index (Phi) is 9.10. The number of oxime groups is 1. The Hall–Kier alpha value is -3.50. The second-order valence-electron chi connectivity index (χ2n) is 9.59. The van der Waals surface area contributed by atoms with Crippen LogP contribution in [-0.4, -0.2) is 89.8 Å². The molecule has 0 radical (unpaired) electrons. The predicted molar refractivity (Wildman–Crippen MR) is 148 cm³/mol. The molecule has 2 atom stereocenters. The van der Waals surface area contributed by atoms with Crippen molar-refractivity contribution in [1.82, 2.24) is 25.4 Å². The van der Waals surface area contributed by atoms with Gasteiger partial charge in [-0.2, -0.15) is 5.10 Å². The Morgan fingerprint density at radius 3 is 2.67 bits per heavy atom. The number of hydrogen-bond acceptors (Lipinski definition) is 13. The maximum absolute atomic E-state index is 13.1. The zero-order chi connectivity index (χ0) is 29.0. The van der Waals surface area contributed by atoms with Crippen LogP contribution in [0.5, 0.6) is 0 Å². The highest BCUT2D eigenvalue weighted by Gasteiger charge is 2.54. The molecule has 0 aliphatic carbocycles. The second kappa shape index (κ2) is 12.3. The number of aliphatic carboxylic acids is 1. The summed E-state index contributed by atoms with van der Waals surface area (Å²) in [6, 6.07) is 2.62. The highest BCUT2D eigenvalue weighted by molar-refractivity contribution is 8.01. The lowest BCUT2D eigenvalue weighted by Crippen LogP contribution is -2.71. The van der Waals surface area contributed by atoms with E-state index in [1.807, 2.05) is 13.0 Å². The van der Waals surface area contributed by atoms with Crippen LogP contribution in [0.1, 0.15) is 32.2 Å². The third kappa shape index (κ3) is 6.98. The predicted octanol–water partition coefficient (Wildman–Crippen LogP) is 1.83. The van der Waals surface area contributed by atoms with E-state index in [0.717, 1.165) is 5.69 Å². The summed E-state index contributed by atoms with van der Waals surface area (Å²) in [6.45, 7) is 6.40. The lowest BCUT2D eigenvalue weighted by Gasteiger charge is -2.49. The van der Waals surface area contributed by atoms with E-state index in [2.05, 4.69) is 25.7 Å². The zero-order valence-electron chi connectivity index (χ0n) is 21.9. The molecule has 0 bridgehead atoms. The summed E-state index contributed by atoms with van der Waals surface area (Å²) in [5.74, 6) is -2.55. The minimum absolute atomic E-state index is 0.0964. The molecule has 16 heteroatoms. The molecule has 2 N–H and O–H groups in total. The topological polar surface area (TPSA) is 173 Å². The maximum Gasteiger partial charge on any atom is 0.352 e. The lowest BCUT2D eigenvalue weighted by atomic mass is 10.0. The van der Waals surface area contributed by atoms with E-state index in [-0.39, 0.29) is 17.1 Å². The van der Waals surface area contributed by atoms with Gasteiger partial charge in [-0.15, -0.1) is 40.0 Å². The van der Waals surface area contributed by atoms with Gasteiger partial charge in [0.25, 0.3) is 11.8 Å². The molecule has 2 aliphatic heterocycles. The maximum atomic E-state index is 13.1. The number of thioether (sulfide) groups is 2. The van der Waals surface area contributed by atoms with Crippen molar-refractivity contribution in [1.29, 1.82) is 0 Å². The molecule has 2 aliphatic rings. The number of ether oxygens (including phenoxy) is 1. The first-order valence-corrected chi connectivity index (χ1v) is 14.9. The van der Waals surface area contributed by atoms with Gasteiger partial charge in [0.2, 0.25) is 6.61 Å². The van der Waals surface area contributed by atoms with Crippen LogP contribution >= 0.6 is 34.9 Å². The fraction of sp³-hybridized carbons (Fsp3) is 0.417. The van der Waals surface area contributed by atoms with Gasteiger partial charge in [0.15, 0.2) is 5.71 Å². The van der Waals surface area contributed by atoms with Crippen molar-refractivity contribution in [2.24, 2.45) is 5.16 Å². The minimum Gasteiger partial charge on any atom is -0.477 e. The van der Waals surface area contributed by atoms with E-state index in [9.17, 15) is 24.3 Å². The summed E-state index contributed by atoms with van der Waals surface area (Å²) in [4.78, 5) is 60.6. The van der Waals surface area contributed by atoms with Crippen LogP contribution in [0.25, 0.3) is 0 Å². The van der Waals surface area contributed by atoms with Crippen molar-refractivity contribution in [3.05, 3.63) is 45.7 Å². The van der Waals surface area contributed by atoms with Gasteiger partial charge in [-0.1, -0.05) is 5.16 Å². The van der Waals surface area contributed by atoms with Crippen LogP contribution in [0.2, 0.25) is 0 Å². The standard InChI is InChI=1S/C24H26N6O7S3/c1-12-5-6-15(28-27-12)39-8-13-9-40-22-18(21(33)30(22)19(13)23(34)35)26-20(32)17(14-10-38-11-25-14)29-36-7-16(31)37-24(2,3)4/h5-6,10-11,18,22H,7-9H2,1-4H3,(H,26,32)(H,34,35)/t18?,22-/m0/s1. The van der Waals surface area contributed by atoms with Crippen LogP contribution in [0.3, 0.4) is 0 Å². The Bertz CT molecular complexity index is 1360. The molecule has 212 valence electrons. The van der Waals surface area contributed by atoms with E-state index in [1.165, 1.54) is 45.3 Å². The van der Waals surface area contributed by atoms with Crippen molar-refractivity contribution >= 4 is 64.3 Å². The third-order valence-corrected chi connectivity index (χ3v) is 8.28. The zero-order valence-corrected chi connectivity index (χ0v) is 24.4. The number of amides is 2. The number of esters is 1. The fourth-order valence-electron chi connectivity index (χ4n) is 3.68. The molecule has 2 amide bonds. The monoisotopic (exact) mass is 606 g/mol. The molecule has 4 rings (SSSR count). The smallest absolute Gasteiger partial charge is 0.352 e. The van der Waals surface area contributed by atoms with Crippen LogP contribution in [0.4, 0.5) is 0 Å². The van der Waals surface area contributed by atoms with Gasteiger partial charge in [0, 0.05) is 16.9 Å². The Morgan fingerprint density at radius 2 is 2.05 bits per heavy atom. The van der Waals surface area contributed by atoms with Gasteiger partial charge in [-0.25, -0.2) is 14.6 Å². The third-order valence-electron chi connectivity index (χ3n) is 5.35. The van der Waals surface area contributed by atoms with Crippen LogP contribution < -0.4 is 5.32 Å². The molecule has 4 heterocycles. The van der Waals surface area contributed by atoms with Gasteiger partial charge in [-0.05, 0) is 45.4 Å². The minimum atomic E-state index is -1.23. The molecule has 0 spiro atoms. The molecule has 2 aromatic heterocycles. The quantitative estimate of drug-likeness (QED) is 0.132. The van der Waals surface area contributed by atoms with Gasteiger partial charge in [0.1, 0.15) is 33.4 Å². The largest absolute Gasteiger partial charge is 0.477 e. The van der Waals surface area contributed by atoms with Crippen LogP contribution in [0.15, 0.2) is 44.5 Å². The number of thiazole rings is 1. The molecule has 1 unspecified atom stereocenters. The van der Waals surface area contributed by atoms with Crippen LogP contribution in [0, 0.1) is 6.92 Å². The van der Waals surface area contributed by atoms with E-state index < -0.39 is 47.4 Å². The second-order valence-corrected chi connectivity index (χ2v) is 12.4. The number of carbonyl (C=O) groups is 4. The Labute approximate surface area is 241 Å². The molecule has 1 fully saturated rings. The van der Waals surface area contributed by atoms with Gasteiger partial charge < -0.3 is 20.0 Å². The molecule has 13 nitrogen and oxygen atoms in total. The first-order chi connectivity index (χ1) is 18.9. The molecular formula is C24H26N6O7S3. The summed E-state index contributed by atoms with van der Waals surface area (Å²) in [6.07, 6.45) is 0. The van der Waals surface area contributed by atoms with E-state index in [0.29, 0.717) is 22.1 Å². The number of carbonyl (C=O) groups excluding carboxylic acids is 3. The molecule has 0 aromatic carbocycles. The summed E-state index contributed by atoms with van der Waals surface area (Å²) < 4.78 is 5.16. The summed E-state index contributed by atoms with van der Waals surface area (Å²) >= 11 is 3.89. The first-order valence-electron chi connectivity index (χ1n) is 11.9. The number of rotatable bonds is 10. The summed E-state index contributed by atoms with van der Waals surface area (Å²) in [5.41, 5.74) is 1.97. The number of aromatic nitrogens is 3. The van der Waals surface area contributed by atoms with Crippen molar-refractivity contribution in [2.45, 2.75) is 49.7 Å². The van der Waals surface area contributed by atoms with Crippen molar-refractivity contribution in [2.75, 3.05) is 18.1 Å². The van der Waals surface area contributed by atoms with Gasteiger partial charge >= 0.3 is 11.9 Å². The summed E-state index contributed by atoms with van der Waals surface area (Å²) in [5, 5.41) is 26.0. The Morgan fingerprint density at radius 1 is 1.27 bits per heavy atom. The highest BCUT2D eigenvalue weighted by Crippen LogP contribution is 2.41. The number of carboxylic acids is 1. The lowest BCUT2D eigenvalue weighted by molar-refractivity contribution is -0.160. The average molecular weight is 607 g/mol. The normalized spacial score (nSPS) is 19.1. The van der Waals surface area contributed by atoms with Gasteiger partial charge in [0.05, 0.1) is 11.2 Å². The molecule has 0 saturated carbocycles. The number of nitrogens with one attached hydrogen (secondary N) is 1. The van der Waals surface area contributed by atoms with Gasteiger partial charge in [-0.3, -0.25) is 14.5 Å². The molecule has 1 saturated heterocycles. The van der Waals surface area contributed by atoms with E-state index in [1.54, 1.807) is 32.2 Å². The number of fused-ring (bicyclic) bond motifs is 1. The number of β-lactam (4-membered cyclic amide) rings is 1. The van der Waals surface area contributed by atoms with Crippen LogP contribution in [-0.2, 0) is 28.8 Å². The first kappa shape index (κ1) is 29.5. The average Bonchev–Trinajstić information content (AvgIpc) is 3.42. The molecule has 2 aromatic rings. The Balaban J connectivity index is 1.44.